The van der Waals surface area contributed by atoms with Crippen molar-refractivity contribution in [2.45, 2.75) is 0 Å². The molecular weight excluding hydrogens is 146 g/mol. The molecule has 0 aliphatic heterocycles. The molecule has 0 spiro atoms. The zero-order chi connectivity index (χ0) is 8.39. The van der Waals surface area contributed by atoms with Crippen LogP contribution in [-0.4, -0.2) is 7.05 Å². The van der Waals surface area contributed by atoms with Gasteiger partial charge >= 0.3 is 0 Å². The van der Waals surface area contributed by atoms with Crippen molar-refractivity contribution >= 4 is 16.5 Å². The van der Waals surface area contributed by atoms with Gasteiger partial charge in [-0.15, -0.1) is 0 Å². The van der Waals surface area contributed by atoms with Gasteiger partial charge in [-0.2, -0.15) is 0 Å². The Kier molecular flexibility index (Phi) is 1.71. The summed E-state index contributed by atoms with van der Waals surface area (Å²) in [6.45, 7) is 0. The van der Waals surface area contributed by atoms with E-state index in [0.29, 0.717) is 0 Å². The molecule has 0 bridgehead atoms. The van der Waals surface area contributed by atoms with Crippen LogP contribution in [0.15, 0.2) is 36.4 Å². The lowest BCUT2D eigenvalue weighted by Gasteiger charge is -2.03. The van der Waals surface area contributed by atoms with E-state index in [-0.39, 0.29) is 0 Å². The SMILES string of the molecule is CNc1c[c]cc2ccccc12. The van der Waals surface area contributed by atoms with Gasteiger partial charge in [0.25, 0.3) is 0 Å². The molecule has 0 fully saturated rings. The molecule has 1 N–H and O–H groups in total. The molecule has 0 amide bonds. The molecule has 0 aromatic heterocycles. The standard InChI is InChI=1S/C11H10N/c1-12-11-8-4-6-9-5-2-3-7-10(9)11/h2-3,5-8,12H,1H3. The topological polar surface area (TPSA) is 12.0 Å². The van der Waals surface area contributed by atoms with E-state index in [1.54, 1.807) is 0 Å². The minimum absolute atomic E-state index is 1.13. The van der Waals surface area contributed by atoms with Crippen molar-refractivity contribution in [1.29, 1.82) is 0 Å². The first-order chi connectivity index (χ1) is 5.92. The highest BCUT2D eigenvalue weighted by molar-refractivity contribution is 5.93. The normalized spacial score (nSPS) is 10.1. The van der Waals surface area contributed by atoms with Gasteiger partial charge < -0.3 is 5.32 Å². The first-order valence-corrected chi connectivity index (χ1v) is 3.98. The number of anilines is 1. The number of fused-ring (bicyclic) bond motifs is 1. The molecule has 0 aliphatic rings. The summed E-state index contributed by atoms with van der Waals surface area (Å²) in [5, 5.41) is 5.61. The first-order valence-electron chi connectivity index (χ1n) is 3.98. The summed E-state index contributed by atoms with van der Waals surface area (Å²) in [6, 6.07) is 15.3. The Hall–Kier alpha value is -1.50. The van der Waals surface area contributed by atoms with Crippen molar-refractivity contribution in [2.24, 2.45) is 0 Å². The Morgan fingerprint density at radius 1 is 1.17 bits per heavy atom. The molecule has 2 aromatic rings. The van der Waals surface area contributed by atoms with E-state index < -0.39 is 0 Å². The van der Waals surface area contributed by atoms with E-state index in [0.717, 1.165) is 5.69 Å². The molecule has 1 heteroatoms. The predicted molar refractivity (Wildman–Crippen MR) is 52.3 cm³/mol. The fraction of sp³-hybridized carbons (Fsp3) is 0.0909. The van der Waals surface area contributed by atoms with Crippen LogP contribution in [0.5, 0.6) is 0 Å². The first kappa shape index (κ1) is 7.17. The molecule has 2 aromatic carbocycles. The van der Waals surface area contributed by atoms with E-state index in [2.05, 4.69) is 23.5 Å². The van der Waals surface area contributed by atoms with Gasteiger partial charge in [-0.1, -0.05) is 24.3 Å². The van der Waals surface area contributed by atoms with Crippen LogP contribution in [0.2, 0.25) is 0 Å². The molecule has 0 atom stereocenters. The summed E-state index contributed by atoms with van der Waals surface area (Å²) in [6.07, 6.45) is 0. The van der Waals surface area contributed by atoms with Gasteiger partial charge in [0.2, 0.25) is 0 Å². The highest BCUT2D eigenvalue weighted by Gasteiger charge is 1.95. The molecule has 0 heterocycles. The van der Waals surface area contributed by atoms with Crippen LogP contribution in [0.1, 0.15) is 0 Å². The summed E-state index contributed by atoms with van der Waals surface area (Å²) < 4.78 is 0. The maximum Gasteiger partial charge on any atom is 0.0423 e. The lowest BCUT2D eigenvalue weighted by Crippen LogP contribution is -1.88. The average molecular weight is 156 g/mol. The summed E-state index contributed by atoms with van der Waals surface area (Å²) in [7, 11) is 1.93. The Labute approximate surface area is 72.0 Å². The molecule has 0 unspecified atom stereocenters. The average Bonchev–Trinajstić information content (AvgIpc) is 2.17. The molecule has 12 heavy (non-hydrogen) atoms. The van der Waals surface area contributed by atoms with Crippen molar-refractivity contribution in [3.63, 3.8) is 0 Å². The van der Waals surface area contributed by atoms with Gasteiger partial charge in [0.1, 0.15) is 0 Å². The Morgan fingerprint density at radius 3 is 2.83 bits per heavy atom. The van der Waals surface area contributed by atoms with Crippen molar-refractivity contribution < 1.29 is 0 Å². The second kappa shape index (κ2) is 2.86. The number of benzene rings is 2. The van der Waals surface area contributed by atoms with Crippen LogP contribution in [0, 0.1) is 6.07 Å². The molecule has 0 aliphatic carbocycles. The fourth-order valence-electron chi connectivity index (χ4n) is 1.37. The lowest BCUT2D eigenvalue weighted by molar-refractivity contribution is 1.54. The molecule has 59 valence electrons. The van der Waals surface area contributed by atoms with Crippen molar-refractivity contribution in [1.82, 2.24) is 0 Å². The van der Waals surface area contributed by atoms with Gasteiger partial charge in [-0.3, -0.25) is 0 Å². The third-order valence-corrected chi connectivity index (χ3v) is 1.99. The van der Waals surface area contributed by atoms with Crippen LogP contribution in [0.25, 0.3) is 10.8 Å². The second-order valence-corrected chi connectivity index (χ2v) is 2.71. The highest BCUT2D eigenvalue weighted by Crippen LogP contribution is 2.21. The van der Waals surface area contributed by atoms with E-state index in [4.69, 9.17) is 0 Å². The van der Waals surface area contributed by atoms with Crippen LogP contribution in [-0.2, 0) is 0 Å². The third-order valence-electron chi connectivity index (χ3n) is 1.99. The van der Waals surface area contributed by atoms with Gasteiger partial charge in [-0.25, -0.2) is 0 Å². The van der Waals surface area contributed by atoms with Gasteiger partial charge in [0.15, 0.2) is 0 Å². The minimum atomic E-state index is 1.13. The van der Waals surface area contributed by atoms with E-state index in [1.807, 2.05) is 31.3 Å². The Morgan fingerprint density at radius 2 is 2.00 bits per heavy atom. The molecule has 2 rings (SSSR count). The maximum absolute atomic E-state index is 3.14. The molecule has 1 nitrogen and oxygen atoms in total. The Balaban J connectivity index is 2.79. The number of rotatable bonds is 1. The summed E-state index contributed by atoms with van der Waals surface area (Å²) in [4.78, 5) is 0. The van der Waals surface area contributed by atoms with Gasteiger partial charge in [0, 0.05) is 18.1 Å². The monoisotopic (exact) mass is 156 g/mol. The second-order valence-electron chi connectivity index (χ2n) is 2.71. The molecule has 1 radical (unpaired) electrons. The quantitative estimate of drug-likeness (QED) is 0.669. The Bertz CT molecular complexity index is 388. The summed E-state index contributed by atoms with van der Waals surface area (Å²) >= 11 is 0. The van der Waals surface area contributed by atoms with Crippen molar-refractivity contribution in [3.8, 4) is 0 Å². The number of hydrogen-bond donors (Lipinski definition) is 1. The summed E-state index contributed by atoms with van der Waals surface area (Å²) in [5.74, 6) is 0. The number of hydrogen-bond acceptors (Lipinski definition) is 1. The van der Waals surface area contributed by atoms with Crippen molar-refractivity contribution in [2.75, 3.05) is 12.4 Å². The largest absolute Gasteiger partial charge is 0.388 e. The van der Waals surface area contributed by atoms with Crippen LogP contribution in [0.4, 0.5) is 5.69 Å². The highest BCUT2D eigenvalue weighted by atomic mass is 14.8. The minimum Gasteiger partial charge on any atom is -0.388 e. The zero-order valence-corrected chi connectivity index (χ0v) is 6.96. The van der Waals surface area contributed by atoms with Crippen LogP contribution in [0.3, 0.4) is 0 Å². The molecule has 0 saturated carbocycles. The predicted octanol–water partition coefficient (Wildman–Crippen LogP) is 2.68. The van der Waals surface area contributed by atoms with E-state index in [9.17, 15) is 0 Å². The lowest BCUT2D eigenvalue weighted by atomic mass is 10.1. The maximum atomic E-state index is 3.14. The van der Waals surface area contributed by atoms with Gasteiger partial charge in [-0.05, 0) is 23.6 Å². The number of nitrogens with one attached hydrogen (secondary N) is 1. The van der Waals surface area contributed by atoms with Crippen LogP contribution < -0.4 is 5.32 Å². The summed E-state index contributed by atoms with van der Waals surface area (Å²) in [5.41, 5.74) is 1.13. The van der Waals surface area contributed by atoms with E-state index >= 15 is 0 Å². The zero-order valence-electron chi connectivity index (χ0n) is 6.96. The smallest absolute Gasteiger partial charge is 0.0423 e. The molecular formula is C11H10N. The fourth-order valence-corrected chi connectivity index (χ4v) is 1.37. The van der Waals surface area contributed by atoms with Crippen LogP contribution >= 0.6 is 0 Å². The molecule has 0 saturated heterocycles. The third kappa shape index (κ3) is 1.03. The van der Waals surface area contributed by atoms with E-state index in [1.165, 1.54) is 10.8 Å². The van der Waals surface area contributed by atoms with Gasteiger partial charge in [0.05, 0.1) is 0 Å². The van der Waals surface area contributed by atoms with Crippen molar-refractivity contribution in [3.05, 3.63) is 42.5 Å².